The third kappa shape index (κ3) is 4.56. The molecule has 1 aliphatic carbocycles. The molecule has 1 aromatic carbocycles. The lowest BCUT2D eigenvalue weighted by atomic mass is 9.85. The number of rotatable bonds is 4. The first-order valence-corrected chi connectivity index (χ1v) is 9.76. The third-order valence-electron chi connectivity index (χ3n) is 5.10. The number of carbonyl (C=O) groups is 2. The summed E-state index contributed by atoms with van der Waals surface area (Å²) in [4.78, 5) is 37.3. The molecule has 0 saturated heterocycles. The number of carbonyl (C=O) groups excluding carboxylic acids is 2. The van der Waals surface area contributed by atoms with E-state index in [0.29, 0.717) is 0 Å². The number of nitro groups is 1. The minimum absolute atomic E-state index is 0.0356. The van der Waals surface area contributed by atoms with E-state index in [1.54, 1.807) is 12.2 Å². The van der Waals surface area contributed by atoms with Crippen LogP contribution in [0.4, 0.5) is 5.69 Å². The van der Waals surface area contributed by atoms with Crippen LogP contribution in [0, 0.1) is 16.0 Å². The second-order valence-electron chi connectivity index (χ2n) is 6.94. The molecule has 2 aliphatic rings. The zero-order chi connectivity index (χ0) is 21.0. The van der Waals surface area contributed by atoms with E-state index in [2.05, 4.69) is 0 Å². The van der Waals surface area contributed by atoms with Crippen molar-refractivity contribution in [1.82, 2.24) is 4.90 Å². The number of methoxy groups -OCH3 is 1. The Morgan fingerprint density at radius 1 is 1.28 bits per heavy atom. The van der Waals surface area contributed by atoms with Crippen LogP contribution in [0.25, 0.3) is 0 Å². The topological polar surface area (TPSA) is 89.8 Å². The summed E-state index contributed by atoms with van der Waals surface area (Å²) in [6.45, 7) is 0. The molecule has 7 nitrogen and oxygen atoms in total. The van der Waals surface area contributed by atoms with Gasteiger partial charge < -0.3 is 4.74 Å². The van der Waals surface area contributed by atoms with E-state index in [1.807, 2.05) is 0 Å². The maximum absolute atomic E-state index is 13.5. The van der Waals surface area contributed by atoms with Gasteiger partial charge in [0, 0.05) is 23.9 Å². The summed E-state index contributed by atoms with van der Waals surface area (Å²) in [6.07, 6.45) is 11.2. The maximum atomic E-state index is 13.5. The molecule has 0 bridgehead atoms. The van der Waals surface area contributed by atoms with Gasteiger partial charge in [-0.05, 0) is 37.0 Å². The number of non-ortho nitro benzene ring substituents is 1. The maximum Gasteiger partial charge on any atom is 0.270 e. The van der Waals surface area contributed by atoms with Crippen molar-refractivity contribution in [2.45, 2.75) is 32.1 Å². The van der Waals surface area contributed by atoms with Gasteiger partial charge in [0.2, 0.25) is 5.88 Å². The highest BCUT2D eigenvalue weighted by atomic mass is 35.5. The summed E-state index contributed by atoms with van der Waals surface area (Å²) in [5.41, 5.74) is 0.614. The number of ketones is 1. The summed E-state index contributed by atoms with van der Waals surface area (Å²) in [7, 11) is 1.39. The fourth-order valence-electron chi connectivity index (χ4n) is 3.67. The Balaban J connectivity index is 2.09. The molecular weight excluding hydrogens is 396 g/mol. The molecule has 0 unspecified atom stereocenters. The number of nitro benzene ring substituents is 1. The lowest BCUT2D eigenvalue weighted by molar-refractivity contribution is -0.384. The molecular formula is C21H21ClN2O5. The van der Waals surface area contributed by atoms with Crippen molar-refractivity contribution >= 4 is 29.0 Å². The molecule has 3 rings (SSSR count). The van der Waals surface area contributed by atoms with Crippen LogP contribution < -0.4 is 0 Å². The number of hydrogen-bond acceptors (Lipinski definition) is 5. The van der Waals surface area contributed by atoms with Gasteiger partial charge >= 0.3 is 0 Å². The molecule has 1 heterocycles. The largest absolute Gasteiger partial charge is 0.482 e. The van der Waals surface area contributed by atoms with Crippen LogP contribution in [-0.4, -0.2) is 28.6 Å². The quantitative estimate of drug-likeness (QED) is 0.520. The van der Waals surface area contributed by atoms with Gasteiger partial charge in [0.25, 0.3) is 11.6 Å². The van der Waals surface area contributed by atoms with Crippen LogP contribution in [0.15, 0.2) is 54.1 Å². The van der Waals surface area contributed by atoms with Gasteiger partial charge in [-0.3, -0.25) is 24.6 Å². The van der Waals surface area contributed by atoms with Crippen LogP contribution in [-0.2, 0) is 9.53 Å². The summed E-state index contributed by atoms with van der Waals surface area (Å²) in [6, 6.07) is 3.70. The molecule has 152 valence electrons. The van der Waals surface area contributed by atoms with E-state index in [1.165, 1.54) is 36.3 Å². The fourth-order valence-corrected chi connectivity index (χ4v) is 3.93. The molecule has 1 amide bonds. The van der Waals surface area contributed by atoms with E-state index in [9.17, 15) is 19.7 Å². The zero-order valence-corrected chi connectivity index (χ0v) is 16.7. The highest BCUT2D eigenvalue weighted by molar-refractivity contribution is 6.34. The molecule has 29 heavy (non-hydrogen) atoms. The Morgan fingerprint density at radius 2 is 2.00 bits per heavy atom. The van der Waals surface area contributed by atoms with Crippen LogP contribution in [0.1, 0.15) is 42.5 Å². The van der Waals surface area contributed by atoms with Gasteiger partial charge in [0.1, 0.15) is 0 Å². The lowest BCUT2D eigenvalue weighted by Crippen LogP contribution is -2.35. The standard InChI is InChI=1S/C21H21ClN2O5/c1-29-20-13-16(25)8-5-9-19(14-6-3-2-4-7-14)23(20)21(26)17-11-10-15(24(27)28)12-18(17)22/h5,8-14H,2-4,6-7H2,1H3. The molecule has 1 fully saturated rings. The minimum atomic E-state index is -0.576. The summed E-state index contributed by atoms with van der Waals surface area (Å²) >= 11 is 6.20. The Hall–Kier alpha value is -2.93. The van der Waals surface area contributed by atoms with Gasteiger partial charge in [0.15, 0.2) is 5.78 Å². The molecule has 1 saturated carbocycles. The molecule has 1 aliphatic heterocycles. The van der Waals surface area contributed by atoms with Crippen molar-refractivity contribution in [3.8, 4) is 0 Å². The van der Waals surface area contributed by atoms with E-state index < -0.39 is 10.8 Å². The van der Waals surface area contributed by atoms with Crippen LogP contribution >= 0.6 is 11.6 Å². The number of nitrogens with zero attached hydrogens (tertiary/aromatic N) is 2. The predicted molar refractivity (Wildman–Crippen MR) is 108 cm³/mol. The molecule has 0 aromatic heterocycles. The fraction of sp³-hybridized carbons (Fsp3) is 0.333. The van der Waals surface area contributed by atoms with Crippen molar-refractivity contribution in [2.24, 2.45) is 5.92 Å². The van der Waals surface area contributed by atoms with Gasteiger partial charge in [0.05, 0.1) is 22.6 Å². The third-order valence-corrected chi connectivity index (χ3v) is 5.41. The first-order chi connectivity index (χ1) is 13.9. The highest BCUT2D eigenvalue weighted by Crippen LogP contribution is 2.36. The normalized spacial score (nSPS) is 17.9. The number of amides is 1. The van der Waals surface area contributed by atoms with Crippen LogP contribution in [0.3, 0.4) is 0 Å². The predicted octanol–water partition coefficient (Wildman–Crippen LogP) is 4.78. The number of hydrogen-bond donors (Lipinski definition) is 0. The summed E-state index contributed by atoms with van der Waals surface area (Å²) < 4.78 is 5.39. The Kier molecular flexibility index (Phi) is 6.49. The minimum Gasteiger partial charge on any atom is -0.482 e. The number of halogens is 1. The summed E-state index contributed by atoms with van der Waals surface area (Å²) in [5.74, 6) is -0.595. The SMILES string of the molecule is COC1=CC(=O)C=CC=C(C2CCCCC2)N1C(=O)c1ccc([N+](=O)[O-])cc1Cl. The van der Waals surface area contributed by atoms with E-state index in [0.717, 1.165) is 43.9 Å². The van der Waals surface area contributed by atoms with Gasteiger partial charge in [-0.15, -0.1) is 0 Å². The molecule has 0 N–H and O–H groups in total. The van der Waals surface area contributed by atoms with Gasteiger partial charge in [-0.1, -0.05) is 36.9 Å². The zero-order valence-electron chi connectivity index (χ0n) is 16.0. The van der Waals surface area contributed by atoms with Crippen LogP contribution in [0.2, 0.25) is 5.02 Å². The van der Waals surface area contributed by atoms with Gasteiger partial charge in [-0.2, -0.15) is 0 Å². The smallest absolute Gasteiger partial charge is 0.270 e. The molecule has 1 aromatic rings. The molecule has 0 atom stereocenters. The number of benzene rings is 1. The Bertz CT molecular complexity index is 929. The van der Waals surface area contributed by atoms with Crippen molar-refractivity contribution in [1.29, 1.82) is 0 Å². The summed E-state index contributed by atoms with van der Waals surface area (Å²) in [5, 5.41) is 10.9. The number of allylic oxidation sites excluding steroid dienone is 5. The van der Waals surface area contributed by atoms with Crippen LogP contribution in [0.5, 0.6) is 0 Å². The Labute approximate surface area is 173 Å². The molecule has 8 heteroatoms. The first-order valence-electron chi connectivity index (χ1n) is 9.38. The number of ether oxygens (including phenoxy) is 1. The Morgan fingerprint density at radius 3 is 2.62 bits per heavy atom. The average Bonchev–Trinajstić information content (AvgIpc) is 2.70. The van der Waals surface area contributed by atoms with Crippen molar-refractivity contribution in [3.05, 3.63) is 74.8 Å². The monoisotopic (exact) mass is 416 g/mol. The highest BCUT2D eigenvalue weighted by Gasteiger charge is 2.32. The van der Waals surface area contributed by atoms with E-state index in [-0.39, 0.29) is 33.9 Å². The van der Waals surface area contributed by atoms with E-state index in [4.69, 9.17) is 16.3 Å². The van der Waals surface area contributed by atoms with Crippen molar-refractivity contribution in [3.63, 3.8) is 0 Å². The molecule has 0 radical (unpaired) electrons. The first kappa shape index (κ1) is 20.8. The van der Waals surface area contributed by atoms with Crippen molar-refractivity contribution in [2.75, 3.05) is 7.11 Å². The second kappa shape index (κ2) is 9.05. The van der Waals surface area contributed by atoms with Crippen molar-refractivity contribution < 1.29 is 19.2 Å². The lowest BCUT2D eigenvalue weighted by Gasteiger charge is -2.34. The van der Waals surface area contributed by atoms with E-state index >= 15 is 0 Å². The van der Waals surface area contributed by atoms with Gasteiger partial charge in [-0.25, -0.2) is 0 Å². The second-order valence-corrected chi connectivity index (χ2v) is 7.34. The average molecular weight is 417 g/mol. The molecule has 0 spiro atoms.